The standard InChI is InChI=1S/C21H28N2O4S2/c1-4-14-28(24,25)23-13-5-6-18-15-19(9-12-21(18)23)22-29(26,27)20-10-7-17(8-11-20)16(2)3/h7-12,15-16,22H,4-6,13-14H2,1-3H3. The summed E-state index contributed by atoms with van der Waals surface area (Å²) in [7, 11) is -7.07. The second kappa shape index (κ2) is 8.36. The lowest BCUT2D eigenvalue weighted by Gasteiger charge is -2.30. The van der Waals surface area contributed by atoms with Crippen LogP contribution in [0.25, 0.3) is 0 Å². The zero-order chi connectivity index (χ0) is 21.2. The first kappa shape index (κ1) is 21.6. The van der Waals surface area contributed by atoms with Gasteiger partial charge in [-0.2, -0.15) is 0 Å². The van der Waals surface area contributed by atoms with E-state index in [-0.39, 0.29) is 10.6 Å². The van der Waals surface area contributed by atoms with Crippen molar-refractivity contribution in [1.29, 1.82) is 0 Å². The fourth-order valence-electron chi connectivity index (χ4n) is 3.53. The van der Waals surface area contributed by atoms with Crippen molar-refractivity contribution in [2.45, 2.75) is 50.8 Å². The van der Waals surface area contributed by atoms with Crippen molar-refractivity contribution in [2.75, 3.05) is 21.3 Å². The highest BCUT2D eigenvalue weighted by atomic mass is 32.2. The molecule has 0 aromatic heterocycles. The number of anilines is 2. The van der Waals surface area contributed by atoms with E-state index in [4.69, 9.17) is 0 Å². The van der Waals surface area contributed by atoms with Crippen LogP contribution in [-0.2, 0) is 26.5 Å². The molecule has 0 radical (unpaired) electrons. The number of hydrogen-bond acceptors (Lipinski definition) is 4. The second-order valence-electron chi connectivity index (χ2n) is 7.66. The molecule has 0 aliphatic carbocycles. The third-order valence-electron chi connectivity index (χ3n) is 5.06. The number of hydrogen-bond donors (Lipinski definition) is 1. The molecule has 3 rings (SSSR count). The molecule has 1 heterocycles. The van der Waals surface area contributed by atoms with E-state index in [0.717, 1.165) is 11.1 Å². The fourth-order valence-corrected chi connectivity index (χ4v) is 6.20. The van der Waals surface area contributed by atoms with Gasteiger partial charge in [0.1, 0.15) is 0 Å². The largest absolute Gasteiger partial charge is 0.280 e. The molecule has 0 fully saturated rings. The van der Waals surface area contributed by atoms with E-state index in [0.29, 0.717) is 43.1 Å². The lowest BCUT2D eigenvalue weighted by molar-refractivity contribution is 0.585. The molecule has 8 heteroatoms. The maximum absolute atomic E-state index is 12.7. The van der Waals surface area contributed by atoms with E-state index in [2.05, 4.69) is 18.6 Å². The molecule has 0 spiro atoms. The molecule has 0 atom stereocenters. The molecule has 0 saturated carbocycles. The minimum absolute atomic E-state index is 0.104. The van der Waals surface area contributed by atoms with Gasteiger partial charge in [0, 0.05) is 12.2 Å². The highest BCUT2D eigenvalue weighted by Gasteiger charge is 2.27. The first-order valence-electron chi connectivity index (χ1n) is 9.90. The predicted molar refractivity (Wildman–Crippen MR) is 118 cm³/mol. The molecule has 0 saturated heterocycles. The van der Waals surface area contributed by atoms with Crippen LogP contribution in [-0.4, -0.2) is 29.1 Å². The third kappa shape index (κ3) is 4.75. The monoisotopic (exact) mass is 436 g/mol. The average molecular weight is 437 g/mol. The highest BCUT2D eigenvalue weighted by Crippen LogP contribution is 2.32. The summed E-state index contributed by atoms with van der Waals surface area (Å²) in [5, 5.41) is 0. The molecule has 2 aromatic rings. The van der Waals surface area contributed by atoms with Crippen LogP contribution in [0.1, 0.15) is 50.7 Å². The van der Waals surface area contributed by atoms with Crippen LogP contribution in [0.2, 0.25) is 0 Å². The summed E-state index contributed by atoms with van der Waals surface area (Å²) < 4.78 is 54.6. The summed E-state index contributed by atoms with van der Waals surface area (Å²) >= 11 is 0. The quantitative estimate of drug-likeness (QED) is 0.708. The van der Waals surface area contributed by atoms with Gasteiger partial charge < -0.3 is 0 Å². The zero-order valence-electron chi connectivity index (χ0n) is 17.1. The fraction of sp³-hybridized carbons (Fsp3) is 0.429. The van der Waals surface area contributed by atoms with E-state index in [1.807, 2.05) is 19.1 Å². The van der Waals surface area contributed by atoms with E-state index in [9.17, 15) is 16.8 Å². The predicted octanol–water partition coefficient (Wildman–Crippen LogP) is 4.10. The van der Waals surface area contributed by atoms with E-state index < -0.39 is 20.0 Å². The van der Waals surface area contributed by atoms with Crippen LogP contribution < -0.4 is 9.03 Å². The van der Waals surface area contributed by atoms with Crippen molar-refractivity contribution in [3.63, 3.8) is 0 Å². The van der Waals surface area contributed by atoms with Crippen molar-refractivity contribution in [3.05, 3.63) is 53.6 Å². The van der Waals surface area contributed by atoms with Gasteiger partial charge in [0.05, 0.1) is 16.3 Å². The van der Waals surface area contributed by atoms with Crippen LogP contribution in [0, 0.1) is 0 Å². The number of nitrogens with one attached hydrogen (secondary N) is 1. The third-order valence-corrected chi connectivity index (χ3v) is 8.43. The van der Waals surface area contributed by atoms with Gasteiger partial charge in [-0.1, -0.05) is 32.9 Å². The molecule has 6 nitrogen and oxygen atoms in total. The second-order valence-corrected chi connectivity index (χ2v) is 11.4. The summed E-state index contributed by atoms with van der Waals surface area (Å²) in [5.74, 6) is 0.431. The summed E-state index contributed by atoms with van der Waals surface area (Å²) in [5.41, 5.74) is 3.00. The number of nitrogens with zero attached hydrogens (tertiary/aromatic N) is 1. The zero-order valence-corrected chi connectivity index (χ0v) is 18.7. The van der Waals surface area contributed by atoms with Crippen molar-refractivity contribution < 1.29 is 16.8 Å². The maximum Gasteiger partial charge on any atom is 0.261 e. The molecule has 0 unspecified atom stereocenters. The van der Waals surface area contributed by atoms with Gasteiger partial charge in [-0.15, -0.1) is 0 Å². The molecular formula is C21H28N2O4S2. The first-order valence-corrected chi connectivity index (χ1v) is 13.0. The van der Waals surface area contributed by atoms with Crippen LogP contribution in [0.15, 0.2) is 47.4 Å². The van der Waals surface area contributed by atoms with Gasteiger partial charge in [-0.25, -0.2) is 16.8 Å². The lowest BCUT2D eigenvalue weighted by atomic mass is 10.0. The first-order chi connectivity index (χ1) is 13.6. The SMILES string of the molecule is CCCS(=O)(=O)N1CCCc2cc(NS(=O)(=O)c3ccc(C(C)C)cc3)ccc21. The van der Waals surface area contributed by atoms with Gasteiger partial charge in [-0.3, -0.25) is 9.03 Å². The molecule has 1 N–H and O–H groups in total. The molecule has 158 valence electrons. The van der Waals surface area contributed by atoms with Crippen molar-refractivity contribution in [3.8, 4) is 0 Å². The van der Waals surface area contributed by atoms with Crippen LogP contribution in [0.5, 0.6) is 0 Å². The van der Waals surface area contributed by atoms with E-state index >= 15 is 0 Å². The smallest absolute Gasteiger partial charge is 0.261 e. The minimum Gasteiger partial charge on any atom is -0.280 e. The Labute approximate surface area is 174 Å². The van der Waals surface area contributed by atoms with Crippen LogP contribution in [0.4, 0.5) is 11.4 Å². The number of aryl methyl sites for hydroxylation is 1. The average Bonchev–Trinajstić information content (AvgIpc) is 2.67. The summed E-state index contributed by atoms with van der Waals surface area (Å²) in [6.45, 7) is 6.41. The van der Waals surface area contributed by atoms with Gasteiger partial charge in [-0.05, 0) is 66.6 Å². The Balaban J connectivity index is 1.86. The van der Waals surface area contributed by atoms with Gasteiger partial charge in [0.2, 0.25) is 10.0 Å². The molecule has 29 heavy (non-hydrogen) atoms. The Hall–Kier alpha value is -2.06. The van der Waals surface area contributed by atoms with Crippen LogP contribution >= 0.6 is 0 Å². The lowest BCUT2D eigenvalue weighted by Crippen LogP contribution is -2.37. The minimum atomic E-state index is -3.71. The topological polar surface area (TPSA) is 83.6 Å². The van der Waals surface area contributed by atoms with Crippen LogP contribution in [0.3, 0.4) is 0 Å². The Bertz CT molecular complexity index is 1080. The molecule has 0 amide bonds. The number of benzene rings is 2. The number of sulfonamides is 2. The number of fused-ring (bicyclic) bond motifs is 1. The van der Waals surface area contributed by atoms with Crippen molar-refractivity contribution in [2.24, 2.45) is 0 Å². The Morgan fingerprint density at radius 2 is 1.72 bits per heavy atom. The number of rotatable bonds is 7. The molecular weight excluding hydrogens is 408 g/mol. The van der Waals surface area contributed by atoms with E-state index in [1.165, 1.54) is 4.31 Å². The molecule has 1 aliphatic heterocycles. The van der Waals surface area contributed by atoms with Gasteiger partial charge >= 0.3 is 0 Å². The van der Waals surface area contributed by atoms with Crippen molar-refractivity contribution >= 4 is 31.4 Å². The Morgan fingerprint density at radius 1 is 1.03 bits per heavy atom. The van der Waals surface area contributed by atoms with Gasteiger partial charge in [0.25, 0.3) is 10.0 Å². The Kier molecular flexibility index (Phi) is 6.24. The van der Waals surface area contributed by atoms with Crippen molar-refractivity contribution in [1.82, 2.24) is 0 Å². The normalized spacial score (nSPS) is 14.7. The summed E-state index contributed by atoms with van der Waals surface area (Å²) in [6, 6.07) is 11.9. The summed E-state index contributed by atoms with van der Waals surface area (Å²) in [6.07, 6.45) is 1.98. The van der Waals surface area contributed by atoms with Gasteiger partial charge in [0.15, 0.2) is 0 Å². The molecule has 1 aliphatic rings. The van der Waals surface area contributed by atoms with E-state index in [1.54, 1.807) is 30.3 Å². The summed E-state index contributed by atoms with van der Waals surface area (Å²) in [4.78, 5) is 0.201. The maximum atomic E-state index is 12.7. The molecule has 2 aromatic carbocycles. The Morgan fingerprint density at radius 3 is 2.34 bits per heavy atom. The molecule has 0 bridgehead atoms. The highest BCUT2D eigenvalue weighted by molar-refractivity contribution is 7.93.